The van der Waals surface area contributed by atoms with Gasteiger partial charge in [0.2, 0.25) is 5.78 Å². The highest BCUT2D eigenvalue weighted by Gasteiger charge is 2.61. The number of thioether (sulfide) groups is 2. The molecule has 1 amide bonds. The van der Waals surface area contributed by atoms with E-state index in [-0.39, 0.29) is 64.5 Å². The minimum atomic E-state index is -1.75. The van der Waals surface area contributed by atoms with E-state index in [0.717, 1.165) is 46.9 Å². The Bertz CT molecular complexity index is 2570. The van der Waals surface area contributed by atoms with Crippen LogP contribution in [0.4, 0.5) is 4.79 Å². The molecule has 9 unspecified atom stereocenters. The molecule has 11 atom stereocenters. The van der Waals surface area contributed by atoms with Gasteiger partial charge in [0.05, 0.1) is 43.6 Å². The van der Waals surface area contributed by atoms with E-state index in [2.05, 4.69) is 44.3 Å². The normalized spacial score (nSPS) is 31.1. The molecule has 0 radical (unpaired) electrons. The molecule has 0 saturated carbocycles. The van der Waals surface area contributed by atoms with E-state index in [9.17, 15) is 24.6 Å². The summed E-state index contributed by atoms with van der Waals surface area (Å²) in [6.07, 6.45) is -3.35. The van der Waals surface area contributed by atoms with Gasteiger partial charge in [0.25, 0.3) is 0 Å². The van der Waals surface area contributed by atoms with Gasteiger partial charge in [0.1, 0.15) is 34.8 Å². The first-order valence-electron chi connectivity index (χ1n) is 21.5. The van der Waals surface area contributed by atoms with Crippen LogP contribution in [0.3, 0.4) is 0 Å². The Balaban J connectivity index is 1.35. The number of carbonyl (C=O) groups is 4. The number of H-pyrrole nitrogens is 1. The molecule has 3 aromatic rings. The molecule has 5 N–H and O–H groups in total. The number of nitrogens with zero attached hydrogens (tertiary/aromatic N) is 1. The van der Waals surface area contributed by atoms with Crippen LogP contribution in [0.2, 0.25) is 0 Å². The highest BCUT2D eigenvalue weighted by atomic mass is 32.2. The van der Waals surface area contributed by atoms with Crippen molar-refractivity contribution in [2.75, 3.05) is 32.8 Å². The molecule has 350 valence electrons. The number of fused-ring (bicyclic) bond motifs is 3. The van der Waals surface area contributed by atoms with Gasteiger partial charge in [-0.05, 0) is 43.0 Å². The number of amides is 1. The smallest absolute Gasteiger partial charge is 0.407 e. The Labute approximate surface area is 391 Å². The van der Waals surface area contributed by atoms with Crippen LogP contribution in [0.5, 0.6) is 0 Å². The zero-order valence-corrected chi connectivity index (χ0v) is 39.2. The number of hydrogen-bond acceptors (Lipinski definition) is 16. The second-order valence-electron chi connectivity index (χ2n) is 16.4. The molecule has 4 aliphatic rings. The summed E-state index contributed by atoms with van der Waals surface area (Å²) < 4.78 is 35.7. The highest BCUT2D eigenvalue weighted by molar-refractivity contribution is 8.13. The van der Waals surface area contributed by atoms with Crippen molar-refractivity contribution in [2.45, 2.75) is 113 Å². The van der Waals surface area contributed by atoms with Crippen LogP contribution in [0.1, 0.15) is 51.0 Å². The standard InChI is InChI=1S/C48H54N4O12S2/c1-25(2)50-33-24-61-38(23-37(33)59-5)64-43-45(57)48(65-7,44(56)42-41-29(18-20-49-42)28-14-12-13-16-32(28)51-41)26(3)62-46(43)63-36-17-11-9-8-10-15-31-39(36)30(19-21-66-27(4)53)34(54)22-35(55)40(31)52-47(58)60-6/h8-9,12-14,16,18-20,25-26,33-34,36-38,40,43,45-46,50-51,54,57H,21-24H2,1-7H3,(H,52,58)/b9-8-,30-19-/t26?,33?,34-,36-,37?,38?,40?,43?,45?,46?,48?/m0/s1. The van der Waals surface area contributed by atoms with Gasteiger partial charge in [0, 0.05) is 72.3 Å². The fourth-order valence-electron chi connectivity index (χ4n) is 8.91. The molecule has 2 aromatic heterocycles. The number of ketones is 2. The van der Waals surface area contributed by atoms with Gasteiger partial charge < -0.3 is 54.3 Å². The van der Waals surface area contributed by atoms with Crippen LogP contribution >= 0.6 is 23.5 Å². The molecular formula is C48H54N4O12S2. The van der Waals surface area contributed by atoms with Crippen molar-refractivity contribution in [3.63, 3.8) is 0 Å². The van der Waals surface area contributed by atoms with E-state index in [1.807, 2.05) is 44.2 Å². The van der Waals surface area contributed by atoms with Gasteiger partial charge in [-0.15, -0.1) is 11.8 Å². The monoisotopic (exact) mass is 942 g/mol. The predicted molar refractivity (Wildman–Crippen MR) is 249 cm³/mol. The molecule has 0 bridgehead atoms. The number of ether oxygens (including phenoxy) is 6. The van der Waals surface area contributed by atoms with E-state index < -0.39 is 78.0 Å². The number of carbonyl (C=O) groups excluding carboxylic acids is 4. The van der Waals surface area contributed by atoms with Crippen LogP contribution in [-0.2, 0) is 38.0 Å². The Morgan fingerprint density at radius 3 is 2.61 bits per heavy atom. The lowest BCUT2D eigenvalue weighted by atomic mass is 9.83. The van der Waals surface area contributed by atoms with E-state index >= 15 is 4.79 Å². The van der Waals surface area contributed by atoms with Crippen LogP contribution < -0.4 is 10.6 Å². The average molecular weight is 943 g/mol. The van der Waals surface area contributed by atoms with E-state index in [0.29, 0.717) is 5.52 Å². The minimum absolute atomic E-state index is 0.0436. The number of alkyl carbamates (subject to hydrolysis) is 1. The Morgan fingerprint density at radius 1 is 1.11 bits per heavy atom. The molecule has 0 spiro atoms. The molecule has 7 rings (SSSR count). The van der Waals surface area contributed by atoms with Crippen LogP contribution in [0, 0.1) is 23.7 Å². The number of nitrogens with one attached hydrogen (secondary N) is 3. The van der Waals surface area contributed by atoms with Crippen molar-refractivity contribution < 1.29 is 57.8 Å². The van der Waals surface area contributed by atoms with Crippen LogP contribution in [0.15, 0.2) is 71.5 Å². The Morgan fingerprint density at radius 2 is 1.88 bits per heavy atom. The third-order valence-electron chi connectivity index (χ3n) is 12.0. The second kappa shape index (κ2) is 21.4. The summed E-state index contributed by atoms with van der Waals surface area (Å²) in [6, 6.07) is 7.99. The quantitative estimate of drug-likeness (QED) is 0.120. The molecule has 2 fully saturated rings. The van der Waals surface area contributed by atoms with E-state index in [1.54, 1.807) is 32.6 Å². The number of aromatic amines is 1. The molecular weight excluding hydrogens is 889 g/mol. The maximum Gasteiger partial charge on any atom is 0.407 e. The molecule has 2 saturated heterocycles. The van der Waals surface area contributed by atoms with Crippen molar-refractivity contribution in [3.05, 3.63) is 77.2 Å². The number of benzene rings is 1. The summed E-state index contributed by atoms with van der Waals surface area (Å²) in [5.74, 6) is 10.8. The number of aliphatic hydroxyl groups excluding tert-OH is 2. The van der Waals surface area contributed by atoms with Crippen molar-refractivity contribution in [2.24, 2.45) is 0 Å². The number of Topliss-reactive ketones (excluding diaryl/α,β-unsaturated/α-hetero) is 2. The summed E-state index contributed by atoms with van der Waals surface area (Å²) >= 11 is 2.06. The van der Waals surface area contributed by atoms with Crippen molar-refractivity contribution in [3.8, 4) is 23.7 Å². The number of para-hydroxylation sites is 1. The highest BCUT2D eigenvalue weighted by Crippen LogP contribution is 2.46. The average Bonchev–Trinajstić information content (AvgIpc) is 3.68. The third-order valence-corrected chi connectivity index (χ3v) is 14.2. The summed E-state index contributed by atoms with van der Waals surface area (Å²) in [5, 5.41) is 32.2. The lowest BCUT2D eigenvalue weighted by Gasteiger charge is -2.51. The number of rotatable bonds is 13. The maximum atomic E-state index is 15.3. The van der Waals surface area contributed by atoms with Gasteiger partial charge in [0.15, 0.2) is 23.5 Å². The second-order valence-corrected chi connectivity index (χ2v) is 18.7. The van der Waals surface area contributed by atoms with Gasteiger partial charge in [-0.2, -0.15) is 0 Å². The summed E-state index contributed by atoms with van der Waals surface area (Å²) in [5.41, 5.74) is 1.71. The van der Waals surface area contributed by atoms with Gasteiger partial charge in [-0.3, -0.25) is 19.4 Å². The lowest BCUT2D eigenvalue weighted by molar-refractivity contribution is -0.322. The van der Waals surface area contributed by atoms with E-state index in [4.69, 9.17) is 28.4 Å². The van der Waals surface area contributed by atoms with E-state index in [1.165, 1.54) is 19.1 Å². The first-order chi connectivity index (χ1) is 31.7. The number of hydrogen-bond donors (Lipinski definition) is 5. The zero-order valence-electron chi connectivity index (χ0n) is 37.6. The van der Waals surface area contributed by atoms with Crippen molar-refractivity contribution >= 4 is 68.1 Å². The largest absolute Gasteiger partial charge is 0.453 e. The summed E-state index contributed by atoms with van der Waals surface area (Å²) in [7, 11) is 2.74. The first kappa shape index (κ1) is 49.1. The molecule has 2 aliphatic carbocycles. The Hall–Kier alpha value is -4.83. The summed E-state index contributed by atoms with van der Waals surface area (Å²) in [6.45, 7) is 7.27. The van der Waals surface area contributed by atoms with Gasteiger partial charge in [-0.1, -0.05) is 73.6 Å². The SMILES string of the molecule is COC(=O)NC1C(=O)C[C@H](O)/C(=C/CSC(C)=O)C2=C1C#C/C=C\C#C[C@@H]2OC1OC(C)C(SC)(C(=O)c2nccc3c2[nH]c2ccccc23)C(O)C1OC1CC(OC)C(NC(C)C)CO1. The molecule has 16 nitrogen and oxygen atoms in total. The maximum absolute atomic E-state index is 15.3. The fourth-order valence-corrected chi connectivity index (χ4v) is 10.4. The topological polar surface area (TPSA) is 217 Å². The van der Waals surface area contributed by atoms with Crippen LogP contribution in [0.25, 0.3) is 21.8 Å². The van der Waals surface area contributed by atoms with Crippen molar-refractivity contribution in [1.29, 1.82) is 0 Å². The number of allylic oxidation sites excluding steroid dienone is 2. The van der Waals surface area contributed by atoms with Crippen LogP contribution in [-0.4, -0.2) is 148 Å². The lowest BCUT2D eigenvalue weighted by Crippen LogP contribution is -2.68. The number of methoxy groups -OCH3 is 2. The third kappa shape index (κ3) is 10.0. The molecule has 2 aliphatic heterocycles. The predicted octanol–water partition coefficient (Wildman–Crippen LogP) is 4.14. The number of pyridine rings is 1. The molecule has 1 aromatic carbocycles. The summed E-state index contributed by atoms with van der Waals surface area (Å²) in [4.78, 5) is 62.0. The molecule has 66 heavy (non-hydrogen) atoms. The first-order valence-corrected chi connectivity index (χ1v) is 23.7. The fraction of sp³-hybridized carbons (Fsp3) is 0.479. The number of aliphatic hydroxyl groups is 2. The Kier molecular flexibility index (Phi) is 15.9. The van der Waals surface area contributed by atoms with Gasteiger partial charge >= 0.3 is 6.09 Å². The molecule has 18 heteroatoms. The number of aromatic nitrogens is 2. The van der Waals surface area contributed by atoms with Crippen molar-refractivity contribution in [1.82, 2.24) is 20.6 Å². The zero-order chi connectivity index (χ0) is 47.3. The molecule has 4 heterocycles. The van der Waals surface area contributed by atoms with Gasteiger partial charge in [-0.25, -0.2) is 4.79 Å². The minimum Gasteiger partial charge on any atom is -0.453 e.